The zero-order valence-electron chi connectivity index (χ0n) is 7.00. The lowest BCUT2D eigenvalue weighted by Crippen LogP contribution is -1.98. The van der Waals surface area contributed by atoms with Crippen LogP contribution in [0.1, 0.15) is 5.56 Å². The third-order valence-corrected chi connectivity index (χ3v) is 2.45. The van der Waals surface area contributed by atoms with Crippen molar-refractivity contribution in [3.05, 3.63) is 41.0 Å². The molecule has 0 aliphatic carbocycles. The van der Waals surface area contributed by atoms with Gasteiger partial charge < -0.3 is 5.73 Å². The summed E-state index contributed by atoms with van der Waals surface area (Å²) in [6.07, 6.45) is 1.73. The fourth-order valence-electron chi connectivity index (χ4n) is 1.29. The first-order valence-corrected chi connectivity index (χ1v) is 4.43. The van der Waals surface area contributed by atoms with Crippen molar-refractivity contribution in [2.24, 2.45) is 5.73 Å². The largest absolute Gasteiger partial charge is 0.326 e. The van der Waals surface area contributed by atoms with E-state index in [1.807, 2.05) is 24.3 Å². The van der Waals surface area contributed by atoms with E-state index in [1.54, 1.807) is 6.20 Å². The lowest BCUT2D eigenvalue weighted by molar-refractivity contribution is 1.06. The van der Waals surface area contributed by atoms with Crippen LogP contribution in [0.5, 0.6) is 0 Å². The Kier molecular flexibility index (Phi) is 2.17. The van der Waals surface area contributed by atoms with Gasteiger partial charge in [0.25, 0.3) is 0 Å². The minimum absolute atomic E-state index is 0.427. The Balaban J connectivity index is 2.79. The van der Waals surface area contributed by atoms with Crippen molar-refractivity contribution in [1.82, 2.24) is 4.98 Å². The molecule has 0 amide bonds. The molecule has 2 aromatic rings. The highest BCUT2D eigenvalue weighted by atomic mass is 35.5. The number of benzene rings is 1. The van der Waals surface area contributed by atoms with Crippen LogP contribution in [-0.2, 0) is 6.54 Å². The SMILES string of the molecule is NCc1cnc2ccccc2c1Cl. The summed E-state index contributed by atoms with van der Waals surface area (Å²) in [4.78, 5) is 4.25. The Bertz CT molecular complexity index is 440. The Morgan fingerprint density at radius 1 is 1.31 bits per heavy atom. The molecular weight excluding hydrogens is 184 g/mol. The summed E-state index contributed by atoms with van der Waals surface area (Å²) >= 11 is 6.12. The van der Waals surface area contributed by atoms with E-state index >= 15 is 0 Å². The van der Waals surface area contributed by atoms with Gasteiger partial charge >= 0.3 is 0 Å². The normalized spacial score (nSPS) is 10.6. The van der Waals surface area contributed by atoms with Gasteiger partial charge in [0.1, 0.15) is 0 Å². The smallest absolute Gasteiger partial charge is 0.0717 e. The summed E-state index contributed by atoms with van der Waals surface area (Å²) in [5.41, 5.74) is 7.31. The molecule has 1 aromatic carbocycles. The van der Waals surface area contributed by atoms with E-state index in [0.717, 1.165) is 16.5 Å². The van der Waals surface area contributed by atoms with Gasteiger partial charge in [-0.25, -0.2) is 0 Å². The summed E-state index contributed by atoms with van der Waals surface area (Å²) in [7, 11) is 0. The number of rotatable bonds is 1. The number of para-hydroxylation sites is 1. The van der Waals surface area contributed by atoms with Gasteiger partial charge in [0.05, 0.1) is 10.5 Å². The third kappa shape index (κ3) is 1.39. The summed E-state index contributed by atoms with van der Waals surface area (Å²) in [6.45, 7) is 0.427. The van der Waals surface area contributed by atoms with Gasteiger partial charge in [0.15, 0.2) is 0 Å². The van der Waals surface area contributed by atoms with Gasteiger partial charge in [-0.1, -0.05) is 29.8 Å². The number of nitrogens with zero attached hydrogens (tertiary/aromatic N) is 1. The molecule has 0 saturated heterocycles. The van der Waals surface area contributed by atoms with Crippen LogP contribution < -0.4 is 5.73 Å². The van der Waals surface area contributed by atoms with Crippen molar-refractivity contribution in [3.8, 4) is 0 Å². The maximum absolute atomic E-state index is 6.12. The van der Waals surface area contributed by atoms with Crippen molar-refractivity contribution in [1.29, 1.82) is 0 Å². The van der Waals surface area contributed by atoms with E-state index < -0.39 is 0 Å². The lowest BCUT2D eigenvalue weighted by Gasteiger charge is -2.03. The Labute approximate surface area is 81.3 Å². The average molecular weight is 193 g/mol. The molecule has 0 aliphatic rings. The van der Waals surface area contributed by atoms with Gasteiger partial charge in [-0.15, -0.1) is 0 Å². The predicted molar refractivity (Wildman–Crippen MR) is 54.6 cm³/mol. The van der Waals surface area contributed by atoms with E-state index in [0.29, 0.717) is 11.6 Å². The molecule has 1 aromatic heterocycles. The summed E-state index contributed by atoms with van der Waals surface area (Å²) < 4.78 is 0. The van der Waals surface area contributed by atoms with Crippen LogP contribution in [0.3, 0.4) is 0 Å². The monoisotopic (exact) mass is 192 g/mol. The molecule has 0 unspecified atom stereocenters. The number of pyridine rings is 1. The number of nitrogens with two attached hydrogens (primary N) is 1. The molecule has 0 saturated carbocycles. The Morgan fingerprint density at radius 2 is 2.08 bits per heavy atom. The highest BCUT2D eigenvalue weighted by Gasteiger charge is 2.03. The summed E-state index contributed by atoms with van der Waals surface area (Å²) in [5.74, 6) is 0. The summed E-state index contributed by atoms with van der Waals surface area (Å²) in [6, 6.07) is 7.76. The summed E-state index contributed by atoms with van der Waals surface area (Å²) in [5, 5.41) is 1.68. The molecule has 0 bridgehead atoms. The topological polar surface area (TPSA) is 38.9 Å². The van der Waals surface area contributed by atoms with Crippen molar-refractivity contribution in [2.75, 3.05) is 0 Å². The lowest BCUT2D eigenvalue weighted by atomic mass is 10.1. The molecule has 0 atom stereocenters. The highest BCUT2D eigenvalue weighted by Crippen LogP contribution is 2.24. The number of aromatic nitrogens is 1. The van der Waals surface area contributed by atoms with E-state index in [9.17, 15) is 0 Å². The predicted octanol–water partition coefficient (Wildman–Crippen LogP) is 2.35. The molecular formula is C10H9ClN2. The van der Waals surface area contributed by atoms with Crippen LogP contribution in [0.2, 0.25) is 5.02 Å². The van der Waals surface area contributed by atoms with Crippen LogP contribution >= 0.6 is 11.6 Å². The second-order valence-corrected chi connectivity index (χ2v) is 3.20. The van der Waals surface area contributed by atoms with E-state index in [2.05, 4.69) is 4.98 Å². The van der Waals surface area contributed by atoms with Crippen molar-refractivity contribution in [3.63, 3.8) is 0 Å². The molecule has 0 spiro atoms. The van der Waals surface area contributed by atoms with Crippen LogP contribution in [0.15, 0.2) is 30.5 Å². The van der Waals surface area contributed by atoms with Gasteiger partial charge in [0, 0.05) is 23.7 Å². The fourth-order valence-corrected chi connectivity index (χ4v) is 1.58. The van der Waals surface area contributed by atoms with E-state index in [4.69, 9.17) is 17.3 Å². The van der Waals surface area contributed by atoms with Gasteiger partial charge in [-0.3, -0.25) is 4.98 Å². The van der Waals surface area contributed by atoms with Crippen molar-refractivity contribution >= 4 is 22.5 Å². The van der Waals surface area contributed by atoms with Crippen LogP contribution in [0.25, 0.3) is 10.9 Å². The second kappa shape index (κ2) is 3.32. The average Bonchev–Trinajstić information content (AvgIpc) is 2.19. The molecule has 0 fully saturated rings. The molecule has 2 nitrogen and oxygen atoms in total. The molecule has 0 radical (unpaired) electrons. The minimum atomic E-state index is 0.427. The van der Waals surface area contributed by atoms with E-state index in [1.165, 1.54) is 0 Å². The molecule has 3 heteroatoms. The number of halogens is 1. The van der Waals surface area contributed by atoms with Crippen LogP contribution in [0.4, 0.5) is 0 Å². The van der Waals surface area contributed by atoms with E-state index in [-0.39, 0.29) is 0 Å². The fraction of sp³-hybridized carbons (Fsp3) is 0.100. The first kappa shape index (κ1) is 8.48. The maximum atomic E-state index is 6.12. The molecule has 66 valence electrons. The zero-order chi connectivity index (χ0) is 9.26. The Hall–Kier alpha value is -1.12. The van der Waals surface area contributed by atoms with Crippen LogP contribution in [0, 0.1) is 0 Å². The first-order chi connectivity index (χ1) is 6.33. The van der Waals surface area contributed by atoms with Gasteiger partial charge in [-0.2, -0.15) is 0 Å². The highest BCUT2D eigenvalue weighted by molar-refractivity contribution is 6.36. The van der Waals surface area contributed by atoms with Crippen LogP contribution in [-0.4, -0.2) is 4.98 Å². The molecule has 13 heavy (non-hydrogen) atoms. The van der Waals surface area contributed by atoms with Crippen molar-refractivity contribution in [2.45, 2.75) is 6.54 Å². The first-order valence-electron chi connectivity index (χ1n) is 4.05. The maximum Gasteiger partial charge on any atom is 0.0717 e. The quantitative estimate of drug-likeness (QED) is 0.754. The Morgan fingerprint density at radius 3 is 2.85 bits per heavy atom. The minimum Gasteiger partial charge on any atom is -0.326 e. The molecule has 1 heterocycles. The van der Waals surface area contributed by atoms with Crippen molar-refractivity contribution < 1.29 is 0 Å². The molecule has 2 rings (SSSR count). The second-order valence-electron chi connectivity index (χ2n) is 2.82. The van der Waals surface area contributed by atoms with Gasteiger partial charge in [0.2, 0.25) is 0 Å². The molecule has 0 aliphatic heterocycles. The van der Waals surface area contributed by atoms with Gasteiger partial charge in [-0.05, 0) is 6.07 Å². The number of hydrogen-bond acceptors (Lipinski definition) is 2. The molecule has 2 N–H and O–H groups in total. The standard InChI is InChI=1S/C10H9ClN2/c11-10-7(5-12)6-13-9-4-2-1-3-8(9)10/h1-4,6H,5,12H2. The number of hydrogen-bond donors (Lipinski definition) is 1. The zero-order valence-corrected chi connectivity index (χ0v) is 7.75. The third-order valence-electron chi connectivity index (χ3n) is 2.00. The number of fused-ring (bicyclic) bond motifs is 1.